The average molecular weight is 239 g/mol. The number of nitrogens with one attached hydrogen (secondary N) is 1. The van der Waals surface area contributed by atoms with Crippen molar-refractivity contribution in [3.63, 3.8) is 0 Å². The Hall–Kier alpha value is -0.120. The summed E-state index contributed by atoms with van der Waals surface area (Å²) in [5, 5.41) is 3.64. The molecule has 0 aromatic heterocycles. The van der Waals surface area contributed by atoms with E-state index in [-0.39, 0.29) is 0 Å². The zero-order chi connectivity index (χ0) is 11.9. The van der Waals surface area contributed by atoms with Crippen LogP contribution in [0.25, 0.3) is 0 Å². The van der Waals surface area contributed by atoms with E-state index >= 15 is 0 Å². The van der Waals surface area contributed by atoms with Crippen LogP contribution in [0.15, 0.2) is 0 Å². The van der Waals surface area contributed by atoms with Gasteiger partial charge >= 0.3 is 0 Å². The molecule has 0 amide bonds. The highest BCUT2D eigenvalue weighted by molar-refractivity contribution is 4.81. The highest BCUT2D eigenvalue weighted by atomic mass is 15.2. The van der Waals surface area contributed by atoms with Gasteiger partial charge in [-0.1, -0.05) is 13.3 Å². The third kappa shape index (κ3) is 4.57. The van der Waals surface area contributed by atoms with Crippen molar-refractivity contribution in [3.05, 3.63) is 0 Å². The molecule has 0 radical (unpaired) electrons. The minimum Gasteiger partial charge on any atom is -0.313 e. The average Bonchev–Trinajstić information content (AvgIpc) is 2.83. The molecule has 0 saturated carbocycles. The molecular weight excluding hydrogens is 210 g/mol. The zero-order valence-corrected chi connectivity index (χ0v) is 11.5. The molecule has 0 aromatic carbocycles. The lowest BCUT2D eigenvalue weighted by Gasteiger charge is -2.28. The lowest BCUT2D eigenvalue weighted by Crippen LogP contribution is -2.38. The molecule has 0 spiro atoms. The standard InChI is InChI=1S/C14H29N3/c1-2-7-15-14-6-10-17(13-14)12-11-16-8-4-3-5-9-16/h14-15H,2-13H2,1H3. The van der Waals surface area contributed by atoms with Gasteiger partial charge in [0.1, 0.15) is 0 Å². The highest BCUT2D eigenvalue weighted by Crippen LogP contribution is 2.11. The summed E-state index contributed by atoms with van der Waals surface area (Å²) >= 11 is 0. The van der Waals surface area contributed by atoms with E-state index in [0.717, 1.165) is 6.04 Å². The van der Waals surface area contributed by atoms with Crippen LogP contribution in [0.5, 0.6) is 0 Å². The quantitative estimate of drug-likeness (QED) is 0.758. The zero-order valence-electron chi connectivity index (χ0n) is 11.5. The molecule has 2 rings (SSSR count). The van der Waals surface area contributed by atoms with Crippen molar-refractivity contribution >= 4 is 0 Å². The fourth-order valence-corrected chi connectivity index (χ4v) is 3.02. The number of hydrogen-bond acceptors (Lipinski definition) is 3. The van der Waals surface area contributed by atoms with Crippen LogP contribution in [0, 0.1) is 0 Å². The molecule has 1 N–H and O–H groups in total. The molecule has 0 aromatic rings. The smallest absolute Gasteiger partial charge is 0.0207 e. The van der Waals surface area contributed by atoms with Gasteiger partial charge in [-0.25, -0.2) is 0 Å². The van der Waals surface area contributed by atoms with Gasteiger partial charge in [0, 0.05) is 25.7 Å². The minimum absolute atomic E-state index is 0.760. The van der Waals surface area contributed by atoms with Gasteiger partial charge in [-0.05, 0) is 51.9 Å². The van der Waals surface area contributed by atoms with Crippen molar-refractivity contribution < 1.29 is 0 Å². The van der Waals surface area contributed by atoms with Gasteiger partial charge in [0.15, 0.2) is 0 Å². The molecular formula is C14H29N3. The van der Waals surface area contributed by atoms with Crippen LogP contribution >= 0.6 is 0 Å². The Bertz CT molecular complexity index is 202. The summed E-state index contributed by atoms with van der Waals surface area (Å²) in [6.45, 7) is 11.3. The van der Waals surface area contributed by atoms with Crippen LogP contribution < -0.4 is 5.32 Å². The summed E-state index contributed by atoms with van der Waals surface area (Å²) < 4.78 is 0. The molecule has 1 unspecified atom stereocenters. The second-order valence-electron chi connectivity index (χ2n) is 5.64. The van der Waals surface area contributed by atoms with Crippen molar-refractivity contribution in [2.45, 2.75) is 45.1 Å². The van der Waals surface area contributed by atoms with Crippen molar-refractivity contribution in [2.75, 3.05) is 45.8 Å². The molecule has 1 atom stereocenters. The molecule has 3 heteroatoms. The maximum absolute atomic E-state index is 3.64. The molecule has 2 aliphatic rings. The first-order chi connectivity index (χ1) is 8.38. The normalized spacial score (nSPS) is 27.7. The predicted octanol–water partition coefficient (Wildman–Crippen LogP) is 1.55. The van der Waals surface area contributed by atoms with E-state index in [1.165, 1.54) is 77.9 Å². The highest BCUT2D eigenvalue weighted by Gasteiger charge is 2.22. The molecule has 0 bridgehead atoms. The van der Waals surface area contributed by atoms with Gasteiger partial charge in [0.2, 0.25) is 0 Å². The van der Waals surface area contributed by atoms with Crippen LogP contribution in [-0.2, 0) is 0 Å². The summed E-state index contributed by atoms with van der Waals surface area (Å²) in [6, 6.07) is 0.760. The molecule has 100 valence electrons. The third-order valence-corrected chi connectivity index (χ3v) is 4.14. The summed E-state index contributed by atoms with van der Waals surface area (Å²) in [4.78, 5) is 5.29. The Balaban J connectivity index is 1.57. The molecule has 2 fully saturated rings. The summed E-state index contributed by atoms with van der Waals surface area (Å²) in [6.07, 6.45) is 6.88. The molecule has 0 aliphatic carbocycles. The summed E-state index contributed by atoms with van der Waals surface area (Å²) in [5.74, 6) is 0. The van der Waals surface area contributed by atoms with Crippen LogP contribution in [0.1, 0.15) is 39.0 Å². The molecule has 2 saturated heterocycles. The van der Waals surface area contributed by atoms with E-state index in [1.807, 2.05) is 0 Å². The first-order valence-electron chi connectivity index (χ1n) is 7.56. The predicted molar refractivity (Wildman–Crippen MR) is 73.4 cm³/mol. The van der Waals surface area contributed by atoms with E-state index in [2.05, 4.69) is 22.0 Å². The van der Waals surface area contributed by atoms with E-state index in [1.54, 1.807) is 0 Å². The SMILES string of the molecule is CCCNC1CCN(CCN2CCCCC2)C1. The topological polar surface area (TPSA) is 18.5 Å². The van der Waals surface area contributed by atoms with Crippen LogP contribution in [0.2, 0.25) is 0 Å². The third-order valence-electron chi connectivity index (χ3n) is 4.14. The van der Waals surface area contributed by atoms with E-state index < -0.39 is 0 Å². The lowest BCUT2D eigenvalue weighted by atomic mass is 10.1. The minimum atomic E-state index is 0.760. The van der Waals surface area contributed by atoms with E-state index in [4.69, 9.17) is 0 Å². The van der Waals surface area contributed by atoms with Gasteiger partial charge < -0.3 is 15.1 Å². The van der Waals surface area contributed by atoms with E-state index in [9.17, 15) is 0 Å². The molecule has 17 heavy (non-hydrogen) atoms. The molecule has 2 aliphatic heterocycles. The molecule has 2 heterocycles. The van der Waals surface area contributed by atoms with Gasteiger partial charge in [0.05, 0.1) is 0 Å². The largest absolute Gasteiger partial charge is 0.313 e. The van der Waals surface area contributed by atoms with Crippen molar-refractivity contribution in [3.8, 4) is 0 Å². The van der Waals surface area contributed by atoms with Gasteiger partial charge in [-0.2, -0.15) is 0 Å². The Morgan fingerprint density at radius 1 is 1.00 bits per heavy atom. The Kier molecular flexibility index (Phi) is 5.75. The Morgan fingerprint density at radius 3 is 2.53 bits per heavy atom. The first-order valence-corrected chi connectivity index (χ1v) is 7.56. The Labute approximate surface area is 107 Å². The van der Waals surface area contributed by atoms with Crippen molar-refractivity contribution in [1.82, 2.24) is 15.1 Å². The first kappa shape index (κ1) is 13.3. The molecule has 3 nitrogen and oxygen atoms in total. The second kappa shape index (κ2) is 7.34. The lowest BCUT2D eigenvalue weighted by molar-refractivity contribution is 0.195. The maximum atomic E-state index is 3.64. The monoisotopic (exact) mass is 239 g/mol. The van der Waals surface area contributed by atoms with Crippen molar-refractivity contribution in [2.24, 2.45) is 0 Å². The van der Waals surface area contributed by atoms with Gasteiger partial charge in [-0.15, -0.1) is 0 Å². The van der Waals surface area contributed by atoms with Crippen LogP contribution in [0.4, 0.5) is 0 Å². The van der Waals surface area contributed by atoms with E-state index in [0.29, 0.717) is 0 Å². The fourth-order valence-electron chi connectivity index (χ4n) is 3.02. The number of rotatable bonds is 6. The summed E-state index contributed by atoms with van der Waals surface area (Å²) in [7, 11) is 0. The van der Waals surface area contributed by atoms with Crippen LogP contribution in [-0.4, -0.2) is 61.7 Å². The summed E-state index contributed by atoms with van der Waals surface area (Å²) in [5.41, 5.74) is 0. The van der Waals surface area contributed by atoms with Gasteiger partial charge in [0.25, 0.3) is 0 Å². The fraction of sp³-hybridized carbons (Fsp3) is 1.00. The number of hydrogen-bond donors (Lipinski definition) is 1. The number of likely N-dealkylation sites (tertiary alicyclic amines) is 2. The number of piperidine rings is 1. The van der Waals surface area contributed by atoms with Crippen molar-refractivity contribution in [1.29, 1.82) is 0 Å². The second-order valence-corrected chi connectivity index (χ2v) is 5.64. The number of nitrogens with zero attached hydrogens (tertiary/aromatic N) is 2. The van der Waals surface area contributed by atoms with Gasteiger partial charge in [-0.3, -0.25) is 0 Å². The van der Waals surface area contributed by atoms with Crippen LogP contribution in [0.3, 0.4) is 0 Å². The maximum Gasteiger partial charge on any atom is 0.0207 e. The Morgan fingerprint density at radius 2 is 1.76 bits per heavy atom.